The zero-order chi connectivity index (χ0) is 31.8. The first-order chi connectivity index (χ1) is 21.3. The van der Waals surface area contributed by atoms with Crippen LogP contribution < -0.4 is 17.0 Å². The largest absolute Gasteiger partial charge is 0.386 e. The van der Waals surface area contributed by atoms with Gasteiger partial charge in [0, 0.05) is 0 Å². The van der Waals surface area contributed by atoms with E-state index in [4.69, 9.17) is 39.0 Å². The second kappa shape index (κ2) is 11.2. The summed E-state index contributed by atoms with van der Waals surface area (Å²) in [7, 11) is 0. The summed E-state index contributed by atoms with van der Waals surface area (Å²) in [6.07, 6.45) is -9.92. The number of hydrogen-bond donors (Lipinski definition) is 5. The number of halogens is 2. The van der Waals surface area contributed by atoms with E-state index in [1.54, 1.807) is 0 Å². The third-order valence-electron chi connectivity index (χ3n) is 7.23. The SMILES string of the molecule is Nc1nc2c(ncn2[C@@H]2OC3CO[P@](=O)(S)O[C@H]4[C@@H](F)[C@H](n5cnc6c(N)ncnc65)O[C@@H]4CO[P@@](=O)(S)O[C@H]3[C@H]2F)c(=O)[nH]1. The smallest absolute Gasteiger partial charge is 0.382 e. The molecule has 5 N–H and O–H groups in total. The van der Waals surface area contributed by atoms with Crippen LogP contribution in [0.1, 0.15) is 12.5 Å². The minimum atomic E-state index is -4.44. The average Bonchev–Trinajstić information content (AvgIpc) is 3.72. The van der Waals surface area contributed by atoms with E-state index in [0.717, 1.165) is 17.2 Å². The number of nitrogens with one attached hydrogen (secondary N) is 1. The minimum Gasteiger partial charge on any atom is -0.382 e. The molecule has 19 nitrogen and oxygen atoms in total. The number of fused-ring (bicyclic) bond motifs is 4. The van der Waals surface area contributed by atoms with Crippen molar-refractivity contribution in [2.24, 2.45) is 0 Å². The number of nitrogen functional groups attached to an aromatic ring is 2. The van der Waals surface area contributed by atoms with Crippen molar-refractivity contribution in [2.75, 3.05) is 24.7 Å². The molecule has 3 aliphatic rings. The molecule has 0 aliphatic carbocycles. The topological polar surface area (TPSA) is 249 Å². The van der Waals surface area contributed by atoms with Gasteiger partial charge >= 0.3 is 13.6 Å². The number of hydrogen-bond acceptors (Lipinski definition) is 16. The van der Waals surface area contributed by atoms with Crippen LogP contribution in [0.5, 0.6) is 0 Å². The molecular weight excluding hydrogens is 688 g/mol. The van der Waals surface area contributed by atoms with Gasteiger partial charge in [-0.2, -0.15) is 4.98 Å². The van der Waals surface area contributed by atoms with Crippen LogP contribution in [0.4, 0.5) is 20.5 Å². The van der Waals surface area contributed by atoms with Gasteiger partial charge in [0.2, 0.25) is 5.95 Å². The van der Waals surface area contributed by atoms with E-state index in [1.165, 1.54) is 10.9 Å². The fourth-order valence-electron chi connectivity index (χ4n) is 5.25. The van der Waals surface area contributed by atoms with Crippen LogP contribution >= 0.6 is 38.1 Å². The Kier molecular flexibility index (Phi) is 7.70. The molecule has 0 amide bonds. The number of nitrogens with two attached hydrogens (primary N) is 2. The highest BCUT2D eigenvalue weighted by Crippen LogP contribution is 2.60. The van der Waals surface area contributed by atoms with E-state index < -0.39 is 81.6 Å². The molecule has 242 valence electrons. The van der Waals surface area contributed by atoms with Crippen molar-refractivity contribution in [3.63, 3.8) is 0 Å². The fraction of sp³-hybridized carbons (Fsp3) is 0.500. The molecule has 1 unspecified atom stereocenters. The first-order valence-corrected chi connectivity index (χ1v) is 18.3. The number of ether oxygens (including phenoxy) is 2. The van der Waals surface area contributed by atoms with Crippen molar-refractivity contribution < 1.29 is 45.5 Å². The maximum atomic E-state index is 16.0. The number of nitrogens with zero attached hydrogens (tertiary/aromatic N) is 7. The Morgan fingerprint density at radius 2 is 1.38 bits per heavy atom. The number of H-pyrrole nitrogens is 1. The molecule has 4 aromatic rings. The summed E-state index contributed by atoms with van der Waals surface area (Å²) in [5.74, 6) is -0.231. The molecular formula is C20H22F2N10O9P2S2. The highest BCUT2D eigenvalue weighted by Gasteiger charge is 2.54. The van der Waals surface area contributed by atoms with E-state index in [1.807, 2.05) is 0 Å². The molecule has 7 rings (SSSR count). The highest BCUT2D eigenvalue weighted by molar-refractivity contribution is 8.44. The number of imidazole rings is 2. The Balaban J connectivity index is 1.17. The number of aromatic nitrogens is 8. The van der Waals surface area contributed by atoms with Gasteiger partial charge in [0.15, 0.2) is 47.4 Å². The van der Waals surface area contributed by atoms with Crippen molar-refractivity contribution in [3.05, 3.63) is 29.3 Å². The van der Waals surface area contributed by atoms with Crippen LogP contribution in [-0.2, 0) is 36.7 Å². The Hall–Kier alpha value is -2.72. The van der Waals surface area contributed by atoms with E-state index in [0.29, 0.717) is 0 Å². The zero-order valence-corrected chi connectivity index (χ0v) is 25.8. The predicted molar refractivity (Wildman–Crippen MR) is 155 cm³/mol. The lowest BCUT2D eigenvalue weighted by molar-refractivity contribution is -0.0544. The van der Waals surface area contributed by atoms with Gasteiger partial charge in [0.25, 0.3) is 5.56 Å². The van der Waals surface area contributed by atoms with Gasteiger partial charge in [0.05, 0.1) is 25.9 Å². The number of alkyl halides is 2. The van der Waals surface area contributed by atoms with Gasteiger partial charge in [-0.05, 0) is 0 Å². The summed E-state index contributed by atoms with van der Waals surface area (Å²) in [5.41, 5.74) is 10.8. The summed E-state index contributed by atoms with van der Waals surface area (Å²) in [6, 6.07) is 0. The monoisotopic (exact) mass is 710 g/mol. The third-order valence-corrected chi connectivity index (χ3v) is 10.5. The van der Waals surface area contributed by atoms with E-state index >= 15 is 8.78 Å². The molecule has 7 heterocycles. The first kappa shape index (κ1) is 30.9. The van der Waals surface area contributed by atoms with Gasteiger partial charge in [-0.15, -0.1) is 0 Å². The van der Waals surface area contributed by atoms with E-state index in [9.17, 15) is 13.9 Å². The van der Waals surface area contributed by atoms with E-state index in [-0.39, 0.29) is 34.1 Å². The van der Waals surface area contributed by atoms with Crippen molar-refractivity contribution in [1.82, 2.24) is 39.0 Å². The lowest BCUT2D eigenvalue weighted by Gasteiger charge is -2.28. The first-order valence-electron chi connectivity index (χ1n) is 12.9. The zero-order valence-electron chi connectivity index (χ0n) is 22.3. The molecule has 0 radical (unpaired) electrons. The lowest BCUT2D eigenvalue weighted by Crippen LogP contribution is -2.36. The second-order valence-corrected chi connectivity index (χ2v) is 15.8. The molecule has 3 aliphatic heterocycles. The molecule has 3 saturated heterocycles. The van der Waals surface area contributed by atoms with Crippen molar-refractivity contribution >= 4 is 72.2 Å². The Morgan fingerprint density at radius 1 is 0.844 bits per heavy atom. The second-order valence-electron chi connectivity index (χ2n) is 10.0. The molecule has 45 heavy (non-hydrogen) atoms. The van der Waals surface area contributed by atoms with Crippen LogP contribution in [0.15, 0.2) is 23.8 Å². The van der Waals surface area contributed by atoms with Gasteiger partial charge in [0.1, 0.15) is 36.3 Å². The van der Waals surface area contributed by atoms with Crippen LogP contribution in [0, 0.1) is 0 Å². The number of aromatic amines is 1. The maximum Gasteiger partial charge on any atom is 0.386 e. The summed E-state index contributed by atoms with van der Waals surface area (Å²) < 4.78 is 94.2. The summed E-state index contributed by atoms with van der Waals surface area (Å²) in [5, 5.41) is 0. The standard InChI is InChI=1S/C20H22F2N10O9P2S2/c21-8-12-6(38-18(8)31-4-27-10-14(23)25-3-26-15(10)31)1-36-43(35,45)41-13-7(2-37-42(34,44)40-12)39-19(9(13)22)32-5-28-11-16(32)29-20(24)30-17(11)33/h3-9,12-13,18-19H,1-2H2,(H,34,44)(H,35,45)(H2,23,25,26)(H3,24,29,30,33)/t6-,7?,8-,9-,12-,13-,18-,19-,42+,43-/m1/s1. The fourth-order valence-corrected chi connectivity index (χ4v) is 8.21. The van der Waals surface area contributed by atoms with Crippen LogP contribution in [0.25, 0.3) is 22.3 Å². The third kappa shape index (κ3) is 5.53. The Morgan fingerprint density at radius 3 is 1.96 bits per heavy atom. The van der Waals surface area contributed by atoms with Crippen LogP contribution in [0.2, 0.25) is 0 Å². The van der Waals surface area contributed by atoms with E-state index in [2.05, 4.69) is 54.4 Å². The molecule has 3 fully saturated rings. The number of thiol groups is 2. The summed E-state index contributed by atoms with van der Waals surface area (Å²) >= 11 is 7.94. The maximum absolute atomic E-state index is 16.0. The summed E-state index contributed by atoms with van der Waals surface area (Å²) in [4.78, 5) is 34.4. The van der Waals surface area contributed by atoms with Gasteiger partial charge in [-0.25, -0.2) is 37.8 Å². The Bertz CT molecular complexity index is 1950. The quantitative estimate of drug-likeness (QED) is 0.146. The lowest BCUT2D eigenvalue weighted by atomic mass is 10.1. The van der Waals surface area contributed by atoms with Gasteiger partial charge in [-0.3, -0.25) is 37.0 Å². The summed E-state index contributed by atoms with van der Waals surface area (Å²) in [6.45, 7) is -10.3. The van der Waals surface area contributed by atoms with Crippen LogP contribution in [-0.4, -0.2) is 89.0 Å². The Labute approximate surface area is 259 Å². The minimum absolute atomic E-state index is 0.0381. The normalized spacial score (nSPS) is 37.7. The van der Waals surface area contributed by atoms with Gasteiger partial charge in [-0.1, -0.05) is 24.5 Å². The molecule has 0 aromatic carbocycles. The van der Waals surface area contributed by atoms with Gasteiger partial charge < -0.3 is 20.9 Å². The molecule has 0 spiro atoms. The highest BCUT2D eigenvalue weighted by atomic mass is 32.7. The number of rotatable bonds is 2. The molecule has 10 atom stereocenters. The average molecular weight is 711 g/mol. The molecule has 0 bridgehead atoms. The number of anilines is 2. The van der Waals surface area contributed by atoms with Crippen LogP contribution in [0.3, 0.4) is 0 Å². The predicted octanol–water partition coefficient (Wildman–Crippen LogP) is 1.49. The van der Waals surface area contributed by atoms with Crippen molar-refractivity contribution in [3.8, 4) is 0 Å². The van der Waals surface area contributed by atoms with Crippen molar-refractivity contribution in [1.29, 1.82) is 0 Å². The van der Waals surface area contributed by atoms with Crippen molar-refractivity contribution in [2.45, 2.75) is 49.2 Å². The molecule has 4 aromatic heterocycles. The molecule has 0 saturated carbocycles. The molecule has 25 heteroatoms.